The van der Waals surface area contributed by atoms with E-state index >= 15 is 0 Å². The molecule has 3 aromatic heterocycles. The number of nitrogens with zero attached hydrogens (tertiary/aromatic N) is 5. The van der Waals surface area contributed by atoms with Crippen molar-refractivity contribution in [3.05, 3.63) is 58.6 Å². The van der Waals surface area contributed by atoms with Crippen LogP contribution in [-0.2, 0) is 19.6 Å². The smallest absolute Gasteiger partial charge is 0.316 e. The Balaban J connectivity index is 1.46. The molecule has 4 heterocycles. The molecule has 4 rings (SSSR count). The second kappa shape index (κ2) is 7.33. The van der Waals surface area contributed by atoms with Crippen LogP contribution in [0.1, 0.15) is 16.3 Å². The SMILES string of the molecule is Cc1ccnc(OCC2CN(Cc3cccs3)Cc3cncn3C2)n1. The van der Waals surface area contributed by atoms with Crippen LogP contribution in [0.2, 0.25) is 0 Å². The van der Waals surface area contributed by atoms with Gasteiger partial charge in [-0.25, -0.2) is 15.0 Å². The Labute approximate surface area is 151 Å². The Hall–Kier alpha value is -2.25. The molecule has 3 aromatic rings. The highest BCUT2D eigenvalue weighted by molar-refractivity contribution is 7.09. The van der Waals surface area contributed by atoms with Gasteiger partial charge in [-0.2, -0.15) is 0 Å². The van der Waals surface area contributed by atoms with Gasteiger partial charge in [0.2, 0.25) is 0 Å². The van der Waals surface area contributed by atoms with Gasteiger partial charge in [0.25, 0.3) is 0 Å². The summed E-state index contributed by atoms with van der Waals surface area (Å²) < 4.78 is 8.11. The quantitative estimate of drug-likeness (QED) is 0.704. The standard InChI is InChI=1S/C18H21N5OS/c1-14-4-5-20-18(21-14)24-12-15-8-22(11-17-3-2-6-25-17)10-16-7-19-13-23(16)9-15/h2-7,13,15H,8-12H2,1H3. The first-order valence-corrected chi connectivity index (χ1v) is 9.30. The average Bonchev–Trinajstić information content (AvgIpc) is 3.22. The predicted octanol–water partition coefficient (Wildman–Crippen LogP) is 2.75. The maximum absolute atomic E-state index is 5.88. The van der Waals surface area contributed by atoms with Crippen LogP contribution in [0, 0.1) is 12.8 Å². The number of aromatic nitrogens is 4. The lowest BCUT2D eigenvalue weighted by molar-refractivity contribution is 0.161. The summed E-state index contributed by atoms with van der Waals surface area (Å²) in [6.45, 7) is 6.30. The molecule has 7 heteroatoms. The molecule has 0 aromatic carbocycles. The first-order valence-electron chi connectivity index (χ1n) is 8.42. The third-order valence-electron chi connectivity index (χ3n) is 4.34. The number of ether oxygens (including phenoxy) is 1. The van der Waals surface area contributed by atoms with E-state index in [1.165, 1.54) is 10.6 Å². The molecule has 130 valence electrons. The Morgan fingerprint density at radius 3 is 3.12 bits per heavy atom. The summed E-state index contributed by atoms with van der Waals surface area (Å²) >= 11 is 1.80. The minimum Gasteiger partial charge on any atom is -0.463 e. The van der Waals surface area contributed by atoms with Gasteiger partial charge in [-0.05, 0) is 24.4 Å². The van der Waals surface area contributed by atoms with Gasteiger partial charge in [-0.1, -0.05) is 6.07 Å². The van der Waals surface area contributed by atoms with E-state index in [0.717, 1.165) is 31.9 Å². The van der Waals surface area contributed by atoms with Gasteiger partial charge in [0, 0.05) is 55.1 Å². The summed E-state index contributed by atoms with van der Waals surface area (Å²) in [5, 5.41) is 2.13. The lowest BCUT2D eigenvalue weighted by Gasteiger charge is -2.23. The summed E-state index contributed by atoms with van der Waals surface area (Å²) in [6, 6.07) is 6.63. The van der Waals surface area contributed by atoms with Gasteiger partial charge in [0.05, 0.1) is 18.6 Å². The highest BCUT2D eigenvalue weighted by Crippen LogP contribution is 2.20. The molecule has 0 saturated carbocycles. The average molecular weight is 355 g/mol. The van der Waals surface area contributed by atoms with Crippen molar-refractivity contribution >= 4 is 11.3 Å². The van der Waals surface area contributed by atoms with Crippen LogP contribution in [0.25, 0.3) is 0 Å². The maximum Gasteiger partial charge on any atom is 0.316 e. The van der Waals surface area contributed by atoms with Crippen molar-refractivity contribution in [1.82, 2.24) is 24.4 Å². The van der Waals surface area contributed by atoms with Crippen LogP contribution in [0.3, 0.4) is 0 Å². The second-order valence-corrected chi connectivity index (χ2v) is 7.48. The van der Waals surface area contributed by atoms with Gasteiger partial charge in [0.1, 0.15) is 0 Å². The molecule has 0 saturated heterocycles. The molecule has 0 radical (unpaired) electrons. The van der Waals surface area contributed by atoms with Gasteiger partial charge >= 0.3 is 6.01 Å². The summed E-state index contributed by atoms with van der Waals surface area (Å²) in [6.07, 6.45) is 5.62. The summed E-state index contributed by atoms with van der Waals surface area (Å²) in [5.41, 5.74) is 2.17. The highest BCUT2D eigenvalue weighted by atomic mass is 32.1. The number of hydrogen-bond acceptors (Lipinski definition) is 6. The van der Waals surface area contributed by atoms with E-state index in [2.05, 4.69) is 41.9 Å². The first kappa shape index (κ1) is 16.2. The Kier molecular flexibility index (Phi) is 4.76. The lowest BCUT2D eigenvalue weighted by atomic mass is 10.1. The molecule has 1 unspecified atom stereocenters. The third kappa shape index (κ3) is 4.05. The zero-order valence-corrected chi connectivity index (χ0v) is 15.0. The Morgan fingerprint density at radius 1 is 1.32 bits per heavy atom. The van der Waals surface area contributed by atoms with Crippen molar-refractivity contribution in [3.63, 3.8) is 0 Å². The summed E-state index contributed by atoms with van der Waals surface area (Å²) in [7, 11) is 0. The summed E-state index contributed by atoms with van der Waals surface area (Å²) in [4.78, 5) is 16.7. The second-order valence-electron chi connectivity index (χ2n) is 6.44. The highest BCUT2D eigenvalue weighted by Gasteiger charge is 2.23. The molecule has 0 fully saturated rings. The molecule has 0 amide bonds. The van der Waals surface area contributed by atoms with Crippen molar-refractivity contribution in [2.75, 3.05) is 13.2 Å². The topological polar surface area (TPSA) is 56.1 Å². The van der Waals surface area contributed by atoms with Crippen LogP contribution >= 0.6 is 11.3 Å². The summed E-state index contributed by atoms with van der Waals surface area (Å²) in [5.74, 6) is 0.361. The molecule has 6 nitrogen and oxygen atoms in total. The molecule has 1 aliphatic heterocycles. The fraction of sp³-hybridized carbons (Fsp3) is 0.389. The van der Waals surface area contributed by atoms with Gasteiger partial charge < -0.3 is 9.30 Å². The van der Waals surface area contributed by atoms with Crippen molar-refractivity contribution in [1.29, 1.82) is 0 Å². The third-order valence-corrected chi connectivity index (χ3v) is 5.20. The number of thiophene rings is 1. The number of rotatable bonds is 5. The van der Waals surface area contributed by atoms with E-state index in [1.807, 2.05) is 25.5 Å². The largest absolute Gasteiger partial charge is 0.463 e. The minimum atomic E-state index is 0.361. The van der Waals surface area contributed by atoms with E-state index in [4.69, 9.17) is 4.74 Å². The molecule has 1 aliphatic rings. The van der Waals surface area contributed by atoms with Crippen LogP contribution in [0.4, 0.5) is 0 Å². The van der Waals surface area contributed by atoms with E-state index < -0.39 is 0 Å². The Morgan fingerprint density at radius 2 is 2.28 bits per heavy atom. The molecule has 0 aliphatic carbocycles. The number of aryl methyl sites for hydroxylation is 1. The molecular weight excluding hydrogens is 334 g/mol. The lowest BCUT2D eigenvalue weighted by Crippen LogP contribution is -2.30. The van der Waals surface area contributed by atoms with Crippen LogP contribution in [-0.4, -0.2) is 37.6 Å². The molecule has 0 spiro atoms. The van der Waals surface area contributed by atoms with E-state index in [-0.39, 0.29) is 0 Å². The van der Waals surface area contributed by atoms with Crippen molar-refractivity contribution in [3.8, 4) is 6.01 Å². The van der Waals surface area contributed by atoms with E-state index in [0.29, 0.717) is 18.5 Å². The Bertz CT molecular complexity index is 817. The maximum atomic E-state index is 5.88. The van der Waals surface area contributed by atoms with E-state index in [9.17, 15) is 0 Å². The van der Waals surface area contributed by atoms with E-state index in [1.54, 1.807) is 17.5 Å². The normalized spacial score (nSPS) is 17.9. The van der Waals surface area contributed by atoms with Crippen molar-refractivity contribution in [2.45, 2.75) is 26.6 Å². The van der Waals surface area contributed by atoms with Gasteiger partial charge in [0.15, 0.2) is 0 Å². The molecule has 0 N–H and O–H groups in total. The van der Waals surface area contributed by atoms with Gasteiger partial charge in [-0.15, -0.1) is 11.3 Å². The van der Waals surface area contributed by atoms with Crippen LogP contribution < -0.4 is 4.74 Å². The van der Waals surface area contributed by atoms with Gasteiger partial charge in [-0.3, -0.25) is 4.90 Å². The first-order chi connectivity index (χ1) is 12.3. The van der Waals surface area contributed by atoms with Crippen LogP contribution in [0.5, 0.6) is 6.01 Å². The monoisotopic (exact) mass is 355 g/mol. The van der Waals surface area contributed by atoms with Crippen LogP contribution in [0.15, 0.2) is 42.3 Å². The number of hydrogen-bond donors (Lipinski definition) is 0. The fourth-order valence-corrected chi connectivity index (χ4v) is 3.92. The number of imidazole rings is 1. The molecular formula is C18H21N5OS. The molecule has 0 bridgehead atoms. The molecule has 1 atom stereocenters. The zero-order chi connectivity index (χ0) is 17.1. The van der Waals surface area contributed by atoms with Crippen molar-refractivity contribution < 1.29 is 4.74 Å². The fourth-order valence-electron chi connectivity index (χ4n) is 3.18. The predicted molar refractivity (Wildman–Crippen MR) is 96.4 cm³/mol. The van der Waals surface area contributed by atoms with Crippen molar-refractivity contribution in [2.24, 2.45) is 5.92 Å². The number of fused-ring (bicyclic) bond motifs is 1. The molecule has 25 heavy (non-hydrogen) atoms. The minimum absolute atomic E-state index is 0.361. The zero-order valence-electron chi connectivity index (χ0n) is 14.2.